The third kappa shape index (κ3) is 4.08. The molecule has 0 spiro atoms. The lowest BCUT2D eigenvalue weighted by Gasteiger charge is -2.21. The second-order valence-corrected chi connectivity index (χ2v) is 7.09. The summed E-state index contributed by atoms with van der Waals surface area (Å²) in [6.45, 7) is 4.02. The number of H-pyrrole nitrogens is 1. The molecule has 1 unspecified atom stereocenters. The summed E-state index contributed by atoms with van der Waals surface area (Å²) in [6.07, 6.45) is -0.104. The van der Waals surface area contributed by atoms with Gasteiger partial charge in [0.1, 0.15) is 0 Å². The fraction of sp³-hybridized carbons (Fsp3) is 0.300. The first-order valence-corrected chi connectivity index (χ1v) is 9.08. The summed E-state index contributed by atoms with van der Waals surface area (Å²) in [5, 5.41) is 0. The molecule has 0 radical (unpaired) electrons. The van der Waals surface area contributed by atoms with E-state index in [0.717, 1.165) is 5.56 Å². The SMILES string of the molecule is CC(C)C(Cc1cc(=O)[nH]c(-c2ncccn2)n1)c1ccc2c(c1)OC(F)(F)O2. The number of benzene rings is 1. The highest BCUT2D eigenvalue weighted by atomic mass is 19.3. The molecule has 0 amide bonds. The van der Waals surface area contributed by atoms with Gasteiger partial charge in [0.25, 0.3) is 5.56 Å². The number of rotatable bonds is 5. The molecule has 0 fully saturated rings. The van der Waals surface area contributed by atoms with Crippen molar-refractivity contribution in [2.75, 3.05) is 0 Å². The van der Waals surface area contributed by atoms with E-state index >= 15 is 0 Å². The van der Waals surface area contributed by atoms with Gasteiger partial charge in [0.2, 0.25) is 0 Å². The molecule has 3 aromatic rings. The molecule has 0 saturated heterocycles. The first kappa shape index (κ1) is 19.0. The third-order valence-electron chi connectivity index (χ3n) is 4.66. The van der Waals surface area contributed by atoms with Crippen molar-refractivity contribution in [2.24, 2.45) is 5.92 Å². The third-order valence-corrected chi connectivity index (χ3v) is 4.66. The van der Waals surface area contributed by atoms with E-state index < -0.39 is 6.29 Å². The minimum atomic E-state index is -3.66. The summed E-state index contributed by atoms with van der Waals surface area (Å²) in [4.78, 5) is 27.5. The number of alkyl halides is 2. The van der Waals surface area contributed by atoms with Gasteiger partial charge < -0.3 is 14.5 Å². The summed E-state index contributed by atoms with van der Waals surface area (Å²) >= 11 is 0. The molecule has 2 aromatic heterocycles. The second kappa shape index (κ2) is 7.23. The van der Waals surface area contributed by atoms with E-state index in [0.29, 0.717) is 17.9 Å². The van der Waals surface area contributed by atoms with E-state index in [2.05, 4.69) is 29.4 Å². The maximum Gasteiger partial charge on any atom is 0.586 e. The normalized spacial score (nSPS) is 15.5. The van der Waals surface area contributed by atoms with Crippen molar-refractivity contribution >= 4 is 0 Å². The topological polar surface area (TPSA) is 90.0 Å². The van der Waals surface area contributed by atoms with E-state index in [-0.39, 0.29) is 34.7 Å². The molecule has 1 atom stereocenters. The van der Waals surface area contributed by atoms with Gasteiger partial charge >= 0.3 is 6.29 Å². The number of ether oxygens (including phenoxy) is 2. The van der Waals surface area contributed by atoms with Gasteiger partial charge in [-0.15, -0.1) is 8.78 Å². The van der Waals surface area contributed by atoms with Crippen LogP contribution in [0.25, 0.3) is 11.6 Å². The highest BCUT2D eigenvalue weighted by Crippen LogP contribution is 2.43. The Hall–Kier alpha value is -3.36. The molecule has 7 nitrogen and oxygen atoms in total. The summed E-state index contributed by atoms with van der Waals surface area (Å²) in [5.74, 6) is 0.651. The largest absolute Gasteiger partial charge is 0.586 e. The monoisotopic (exact) mass is 400 g/mol. The number of nitrogens with zero attached hydrogens (tertiary/aromatic N) is 3. The molecule has 0 bridgehead atoms. The van der Waals surface area contributed by atoms with E-state index in [1.54, 1.807) is 30.6 Å². The van der Waals surface area contributed by atoms with Crippen molar-refractivity contribution in [2.45, 2.75) is 32.5 Å². The van der Waals surface area contributed by atoms with Crippen molar-refractivity contribution in [3.8, 4) is 23.1 Å². The van der Waals surface area contributed by atoms with Crippen LogP contribution in [0.5, 0.6) is 11.5 Å². The lowest BCUT2D eigenvalue weighted by Crippen LogP contribution is -2.25. The number of aromatic nitrogens is 4. The summed E-state index contributed by atoms with van der Waals surface area (Å²) in [7, 11) is 0. The van der Waals surface area contributed by atoms with Crippen LogP contribution in [0.15, 0.2) is 47.5 Å². The number of aromatic amines is 1. The zero-order valence-electron chi connectivity index (χ0n) is 15.7. The van der Waals surface area contributed by atoms with Crippen LogP contribution in [-0.2, 0) is 6.42 Å². The summed E-state index contributed by atoms with van der Waals surface area (Å²) < 4.78 is 35.7. The molecule has 0 saturated carbocycles. The number of fused-ring (bicyclic) bond motifs is 1. The highest BCUT2D eigenvalue weighted by molar-refractivity contribution is 5.46. The summed E-state index contributed by atoms with van der Waals surface area (Å²) in [6, 6.07) is 7.83. The van der Waals surface area contributed by atoms with Gasteiger partial charge in [-0.25, -0.2) is 15.0 Å². The molecule has 1 N–H and O–H groups in total. The molecule has 1 aliphatic rings. The predicted molar refractivity (Wildman–Crippen MR) is 99.8 cm³/mol. The predicted octanol–water partition coefficient (Wildman–Crippen LogP) is 3.53. The van der Waals surface area contributed by atoms with Crippen LogP contribution >= 0.6 is 0 Å². The minimum absolute atomic E-state index is 0.000880. The Morgan fingerprint density at radius 2 is 1.83 bits per heavy atom. The van der Waals surface area contributed by atoms with E-state index in [1.807, 2.05) is 13.8 Å². The van der Waals surface area contributed by atoms with Crippen molar-refractivity contribution in [1.29, 1.82) is 0 Å². The Balaban J connectivity index is 1.65. The lowest BCUT2D eigenvalue weighted by atomic mass is 9.84. The molecule has 3 heterocycles. The van der Waals surface area contributed by atoms with Gasteiger partial charge in [-0.05, 0) is 42.0 Å². The van der Waals surface area contributed by atoms with Crippen LogP contribution in [0, 0.1) is 5.92 Å². The van der Waals surface area contributed by atoms with Crippen LogP contribution in [-0.4, -0.2) is 26.2 Å². The maximum absolute atomic E-state index is 13.3. The van der Waals surface area contributed by atoms with Gasteiger partial charge in [0.05, 0.1) is 0 Å². The molecule has 29 heavy (non-hydrogen) atoms. The molecule has 9 heteroatoms. The first-order valence-electron chi connectivity index (χ1n) is 9.08. The smallest absolute Gasteiger partial charge is 0.395 e. The zero-order chi connectivity index (χ0) is 20.6. The molecule has 150 valence electrons. The van der Waals surface area contributed by atoms with Crippen molar-refractivity contribution < 1.29 is 18.3 Å². The first-order chi connectivity index (χ1) is 13.8. The van der Waals surface area contributed by atoms with Gasteiger partial charge in [-0.1, -0.05) is 19.9 Å². The Morgan fingerprint density at radius 3 is 2.55 bits per heavy atom. The average molecular weight is 400 g/mol. The highest BCUT2D eigenvalue weighted by Gasteiger charge is 2.43. The molecular formula is C20H18F2N4O3. The van der Waals surface area contributed by atoms with Crippen LogP contribution in [0.4, 0.5) is 8.78 Å². The van der Waals surface area contributed by atoms with Crippen molar-refractivity contribution in [3.63, 3.8) is 0 Å². The quantitative estimate of drug-likeness (QED) is 0.705. The minimum Gasteiger partial charge on any atom is -0.395 e. The van der Waals surface area contributed by atoms with Gasteiger partial charge in [-0.3, -0.25) is 4.79 Å². The van der Waals surface area contributed by atoms with Crippen LogP contribution in [0.2, 0.25) is 0 Å². The van der Waals surface area contributed by atoms with E-state index in [4.69, 9.17) is 0 Å². The zero-order valence-corrected chi connectivity index (χ0v) is 15.7. The van der Waals surface area contributed by atoms with Gasteiger partial charge in [0, 0.05) is 24.2 Å². The van der Waals surface area contributed by atoms with E-state index in [1.165, 1.54) is 12.1 Å². The van der Waals surface area contributed by atoms with Crippen molar-refractivity contribution in [3.05, 3.63) is 64.3 Å². The molecule has 1 aromatic carbocycles. The lowest BCUT2D eigenvalue weighted by molar-refractivity contribution is -0.286. The Morgan fingerprint density at radius 1 is 1.10 bits per heavy atom. The average Bonchev–Trinajstić information content (AvgIpc) is 2.99. The Bertz CT molecular complexity index is 1090. The number of hydrogen-bond donors (Lipinski definition) is 1. The molecule has 0 aliphatic carbocycles. The fourth-order valence-corrected chi connectivity index (χ4v) is 3.30. The maximum atomic E-state index is 13.3. The standard InChI is InChI=1S/C20H18F2N4O3/c1-11(2)14(12-4-5-15-16(8-12)29-20(21,22)28-15)9-13-10-17(27)26-19(25-13)18-23-6-3-7-24-18/h3-8,10-11,14H,9H2,1-2H3,(H,25,26,27). The number of nitrogens with one attached hydrogen (secondary N) is 1. The van der Waals surface area contributed by atoms with Crippen LogP contribution in [0.1, 0.15) is 31.0 Å². The Kier molecular flexibility index (Phi) is 4.73. The van der Waals surface area contributed by atoms with Gasteiger partial charge in [-0.2, -0.15) is 0 Å². The summed E-state index contributed by atoms with van der Waals surface area (Å²) in [5.41, 5.74) is 1.03. The molecule has 1 aliphatic heterocycles. The van der Waals surface area contributed by atoms with Crippen molar-refractivity contribution in [1.82, 2.24) is 19.9 Å². The van der Waals surface area contributed by atoms with Crippen LogP contribution in [0.3, 0.4) is 0 Å². The van der Waals surface area contributed by atoms with Gasteiger partial charge in [0.15, 0.2) is 23.1 Å². The fourth-order valence-electron chi connectivity index (χ4n) is 3.30. The number of halogens is 2. The Labute approximate surface area is 164 Å². The van der Waals surface area contributed by atoms with Crippen LogP contribution < -0.4 is 15.0 Å². The molecular weight excluding hydrogens is 382 g/mol. The number of hydrogen-bond acceptors (Lipinski definition) is 6. The molecule has 4 rings (SSSR count). The van der Waals surface area contributed by atoms with E-state index in [9.17, 15) is 13.6 Å². The second-order valence-electron chi connectivity index (χ2n) is 7.09.